The number of allylic oxidation sites excluding steroid dienone is 1. The van der Waals surface area contributed by atoms with E-state index in [2.05, 4.69) is 15.9 Å². The van der Waals surface area contributed by atoms with Crippen molar-refractivity contribution in [3.8, 4) is 12.3 Å². The summed E-state index contributed by atoms with van der Waals surface area (Å²) in [5, 5.41) is -0.105. The predicted octanol–water partition coefficient (Wildman–Crippen LogP) is 3.39. The van der Waals surface area contributed by atoms with Crippen molar-refractivity contribution in [3.63, 3.8) is 0 Å². The number of terminal acetylenes is 1. The van der Waals surface area contributed by atoms with Crippen LogP contribution >= 0.6 is 23.4 Å². The maximum atomic E-state index is 13.0. The van der Waals surface area contributed by atoms with Crippen molar-refractivity contribution < 1.29 is 26.4 Å². The topological polar surface area (TPSA) is 85.7 Å². The molecule has 38 heavy (non-hydrogen) atoms. The molecule has 2 unspecified atom stereocenters. The van der Waals surface area contributed by atoms with E-state index in [0.717, 1.165) is 22.3 Å². The highest BCUT2D eigenvalue weighted by Gasteiger charge is 2.40. The molecular formula is C24H25ClF3N5O3S2. The number of sulfonamides is 1. The number of alkyl halides is 3. The van der Waals surface area contributed by atoms with Crippen molar-refractivity contribution in [2.24, 2.45) is 15.9 Å². The highest BCUT2D eigenvalue weighted by atomic mass is 35.5. The lowest BCUT2D eigenvalue weighted by Crippen LogP contribution is -2.53. The number of hydrogen-bond donors (Lipinski definition) is 0. The van der Waals surface area contributed by atoms with Crippen LogP contribution in [0.25, 0.3) is 0 Å². The lowest BCUT2D eigenvalue weighted by Gasteiger charge is -2.39. The number of rotatable bonds is 6. The number of aliphatic imine (C=N–C) groups is 2. The monoisotopic (exact) mass is 587 g/mol. The summed E-state index contributed by atoms with van der Waals surface area (Å²) in [5.41, 5.74) is 0.867. The minimum Gasteiger partial charge on any atom is -0.356 e. The second-order valence-corrected chi connectivity index (χ2v) is 12.6. The maximum Gasteiger partial charge on any atom is 0.393 e. The summed E-state index contributed by atoms with van der Waals surface area (Å²) in [4.78, 5) is 25.5. The molecule has 0 radical (unpaired) electrons. The van der Waals surface area contributed by atoms with Gasteiger partial charge in [0.25, 0.3) is 0 Å². The van der Waals surface area contributed by atoms with E-state index >= 15 is 0 Å². The van der Waals surface area contributed by atoms with Crippen molar-refractivity contribution in [2.75, 3.05) is 43.3 Å². The first-order valence-corrected chi connectivity index (χ1v) is 14.7. The molecule has 1 aromatic rings. The molecule has 3 aliphatic rings. The van der Waals surface area contributed by atoms with Gasteiger partial charge in [-0.15, -0.1) is 18.2 Å². The molecule has 0 N–H and O–H groups in total. The van der Waals surface area contributed by atoms with E-state index in [1.165, 1.54) is 12.4 Å². The third-order valence-electron chi connectivity index (χ3n) is 6.28. The summed E-state index contributed by atoms with van der Waals surface area (Å²) in [6.45, 7) is 1.65. The second-order valence-electron chi connectivity index (χ2n) is 9.01. The zero-order chi connectivity index (χ0) is 27.7. The van der Waals surface area contributed by atoms with Gasteiger partial charge in [0.05, 0.1) is 37.2 Å². The summed E-state index contributed by atoms with van der Waals surface area (Å²) in [5.74, 6) is 2.50. The van der Waals surface area contributed by atoms with Crippen LogP contribution in [0.5, 0.6) is 0 Å². The van der Waals surface area contributed by atoms with Crippen LogP contribution in [0.15, 0.2) is 39.2 Å². The molecule has 1 saturated heterocycles. The molecule has 4 rings (SSSR count). The van der Waals surface area contributed by atoms with Crippen molar-refractivity contribution in [1.82, 2.24) is 9.80 Å². The molecule has 0 bridgehead atoms. The summed E-state index contributed by atoms with van der Waals surface area (Å²) in [6, 6.07) is 4.64. The van der Waals surface area contributed by atoms with Gasteiger partial charge in [-0.2, -0.15) is 13.2 Å². The lowest BCUT2D eigenvalue weighted by atomic mass is 10.0. The molecule has 3 aliphatic heterocycles. The van der Waals surface area contributed by atoms with E-state index < -0.39 is 22.6 Å². The van der Waals surface area contributed by atoms with Crippen molar-refractivity contribution in [3.05, 3.63) is 39.8 Å². The number of anilines is 1. The lowest BCUT2D eigenvalue weighted by molar-refractivity contribution is -0.131. The quantitative estimate of drug-likeness (QED) is 0.477. The van der Waals surface area contributed by atoms with E-state index in [4.69, 9.17) is 18.0 Å². The number of piperazine rings is 1. The zero-order valence-electron chi connectivity index (χ0n) is 20.4. The highest BCUT2D eigenvalue weighted by Crippen LogP contribution is 2.44. The number of fused-ring (bicyclic) bond motifs is 1. The first-order valence-electron chi connectivity index (χ1n) is 11.6. The van der Waals surface area contributed by atoms with Crippen LogP contribution in [0.1, 0.15) is 12.0 Å². The number of amides is 1. The van der Waals surface area contributed by atoms with Gasteiger partial charge in [0, 0.05) is 31.2 Å². The minimum atomic E-state index is -4.28. The first-order chi connectivity index (χ1) is 17.9. The summed E-state index contributed by atoms with van der Waals surface area (Å²) >= 11 is 7.49. The number of carbonyl (C=O) groups excluding carboxylic acids is 1. The second kappa shape index (κ2) is 11.2. The van der Waals surface area contributed by atoms with Crippen LogP contribution in [-0.2, 0) is 21.2 Å². The van der Waals surface area contributed by atoms with Crippen LogP contribution in [0.3, 0.4) is 0 Å². The largest absolute Gasteiger partial charge is 0.393 e. The number of nitrogens with zero attached hydrogens (tertiary/aromatic N) is 5. The van der Waals surface area contributed by atoms with Crippen molar-refractivity contribution >= 4 is 57.2 Å². The van der Waals surface area contributed by atoms with Gasteiger partial charge in [0.1, 0.15) is 17.5 Å². The van der Waals surface area contributed by atoms with Crippen molar-refractivity contribution in [2.45, 2.75) is 24.4 Å². The van der Waals surface area contributed by atoms with Crippen LogP contribution in [0.2, 0.25) is 5.02 Å². The molecule has 14 heteroatoms. The van der Waals surface area contributed by atoms with Gasteiger partial charge in [-0.1, -0.05) is 29.7 Å². The van der Waals surface area contributed by atoms with Crippen molar-refractivity contribution in [1.29, 1.82) is 0 Å². The molecule has 1 aromatic carbocycles. The zero-order valence-corrected chi connectivity index (χ0v) is 22.7. The van der Waals surface area contributed by atoms with Crippen LogP contribution < -0.4 is 4.31 Å². The summed E-state index contributed by atoms with van der Waals surface area (Å²) < 4.78 is 63.7. The SMILES string of the molecule is C#CCN(c1ccc(CC(=O)N2CCN(C3=NC=NC4SC(CC(F)(F)F)=CC34)CC2)c(Cl)c1)S(C)(=O)=O. The molecule has 0 saturated carbocycles. The molecular weight excluding hydrogens is 563 g/mol. The third-order valence-corrected chi connectivity index (χ3v) is 9.01. The smallest absolute Gasteiger partial charge is 0.356 e. The number of carbonyl (C=O) groups is 1. The van der Waals surface area contributed by atoms with E-state index in [-0.39, 0.29) is 40.1 Å². The highest BCUT2D eigenvalue weighted by molar-refractivity contribution is 8.04. The molecule has 0 aromatic heterocycles. The molecule has 1 amide bonds. The van der Waals surface area contributed by atoms with Crippen LogP contribution in [0, 0.1) is 18.3 Å². The van der Waals surface area contributed by atoms with Gasteiger partial charge in [0.2, 0.25) is 15.9 Å². The Bertz CT molecular complexity index is 1330. The number of halogens is 4. The van der Waals surface area contributed by atoms with Gasteiger partial charge in [-0.05, 0) is 22.6 Å². The molecule has 0 spiro atoms. The Morgan fingerprint density at radius 3 is 2.61 bits per heavy atom. The molecule has 8 nitrogen and oxygen atoms in total. The Morgan fingerprint density at radius 2 is 2.00 bits per heavy atom. The van der Waals surface area contributed by atoms with E-state index in [1.807, 2.05) is 4.90 Å². The van der Waals surface area contributed by atoms with Crippen LogP contribution in [-0.4, -0.2) is 86.8 Å². The van der Waals surface area contributed by atoms with E-state index in [9.17, 15) is 26.4 Å². The van der Waals surface area contributed by atoms with Crippen LogP contribution in [0.4, 0.5) is 18.9 Å². The Kier molecular flexibility index (Phi) is 8.34. The predicted molar refractivity (Wildman–Crippen MR) is 144 cm³/mol. The third kappa shape index (κ3) is 6.65. The minimum absolute atomic E-state index is 0.0333. The average molecular weight is 588 g/mol. The number of amidine groups is 1. The standard InChI is InChI=1S/C24H25ClF3N5O3S2/c1-3-6-33(38(2,35)36)17-5-4-16(20(25)12-17)11-21(34)31-7-9-32(10-8-31)22-19-13-18(14-24(26,27)28)37-23(19)30-15-29-22/h1,4-5,12-13,15,19,23H,6-11,14H2,2H3. The fraction of sp³-hybridized carbons (Fsp3) is 0.458. The number of benzene rings is 1. The van der Waals surface area contributed by atoms with E-state index in [1.54, 1.807) is 23.1 Å². The Morgan fingerprint density at radius 1 is 1.29 bits per heavy atom. The number of hydrogen-bond acceptors (Lipinski definition) is 7. The molecule has 0 aliphatic carbocycles. The number of thioether (sulfide) groups is 1. The van der Waals surface area contributed by atoms with Gasteiger partial charge in [0.15, 0.2) is 0 Å². The van der Waals surface area contributed by atoms with Gasteiger partial charge in [-0.3, -0.25) is 14.1 Å². The fourth-order valence-electron chi connectivity index (χ4n) is 4.49. The Hall–Kier alpha value is -2.69. The van der Waals surface area contributed by atoms with E-state index in [0.29, 0.717) is 43.3 Å². The first kappa shape index (κ1) is 28.3. The fourth-order valence-corrected chi connectivity index (χ4v) is 6.78. The Balaban J connectivity index is 1.37. The van der Waals surface area contributed by atoms with Gasteiger partial charge < -0.3 is 9.80 Å². The Labute approximate surface area is 228 Å². The molecule has 1 fully saturated rings. The molecule has 3 heterocycles. The molecule has 204 valence electrons. The summed E-state index contributed by atoms with van der Waals surface area (Å²) in [7, 11) is -3.60. The van der Waals surface area contributed by atoms with Gasteiger partial charge in [-0.25, -0.2) is 13.4 Å². The summed E-state index contributed by atoms with van der Waals surface area (Å²) in [6.07, 6.45) is 4.11. The maximum absolute atomic E-state index is 13.0. The van der Waals surface area contributed by atoms with Gasteiger partial charge >= 0.3 is 6.18 Å². The average Bonchev–Trinajstić information content (AvgIpc) is 3.24. The normalized spacial score (nSPS) is 21.5. The molecule has 2 atom stereocenters.